The Labute approximate surface area is 125 Å². The third kappa shape index (κ3) is 3.35. The van der Waals surface area contributed by atoms with E-state index in [0.29, 0.717) is 19.4 Å². The number of rotatable bonds is 5. The number of nitrogens with one attached hydrogen (secondary N) is 1. The Hall–Kier alpha value is -2.04. The average molecular weight is 290 g/mol. The minimum Gasteiger partial charge on any atom is -0.508 e. The minimum atomic E-state index is -0.428. The first kappa shape index (κ1) is 15.4. The van der Waals surface area contributed by atoms with Crippen molar-refractivity contribution in [2.45, 2.75) is 51.7 Å². The highest BCUT2D eigenvalue weighted by Crippen LogP contribution is 2.20. The molecular weight excluding hydrogens is 268 g/mol. The maximum atomic E-state index is 12.5. The Kier molecular flexibility index (Phi) is 4.83. The number of nitrogens with zero attached hydrogens (tertiary/aromatic N) is 1. The molecule has 5 heteroatoms. The van der Waals surface area contributed by atoms with Crippen LogP contribution < -0.4 is 5.32 Å². The molecule has 1 aromatic rings. The average Bonchev–Trinajstić information content (AvgIpc) is 2.48. The van der Waals surface area contributed by atoms with Crippen molar-refractivity contribution < 1.29 is 14.7 Å². The molecule has 1 fully saturated rings. The van der Waals surface area contributed by atoms with Crippen LogP contribution in [0.2, 0.25) is 0 Å². The second-order valence-corrected chi connectivity index (χ2v) is 5.41. The minimum absolute atomic E-state index is 0.0244. The predicted molar refractivity (Wildman–Crippen MR) is 79.6 cm³/mol. The molecule has 2 N–H and O–H groups in total. The highest BCUT2D eigenvalue weighted by Gasteiger charge is 2.38. The first-order chi connectivity index (χ1) is 10.1. The van der Waals surface area contributed by atoms with Crippen LogP contribution in [0.25, 0.3) is 0 Å². The molecule has 2 rings (SSSR count). The molecule has 0 radical (unpaired) electrons. The Morgan fingerprint density at radius 1 is 1.19 bits per heavy atom. The number of aromatic hydroxyl groups is 1. The molecule has 5 nitrogen and oxygen atoms in total. The number of phenolic OH excluding ortho intramolecular Hbond substituents is 1. The highest BCUT2D eigenvalue weighted by molar-refractivity contribution is 5.96. The van der Waals surface area contributed by atoms with Gasteiger partial charge in [-0.3, -0.25) is 9.59 Å². The fourth-order valence-electron chi connectivity index (χ4n) is 2.65. The molecule has 0 aromatic heterocycles. The molecule has 1 aliphatic rings. The summed E-state index contributed by atoms with van der Waals surface area (Å²) in [5.74, 6) is 0.101. The van der Waals surface area contributed by atoms with Gasteiger partial charge in [-0.15, -0.1) is 0 Å². The van der Waals surface area contributed by atoms with Crippen LogP contribution in [0.4, 0.5) is 0 Å². The molecule has 0 aliphatic carbocycles. The number of piperazine rings is 1. The Morgan fingerprint density at radius 3 is 2.43 bits per heavy atom. The van der Waals surface area contributed by atoms with Gasteiger partial charge in [0.1, 0.15) is 17.8 Å². The number of carbonyl (C=O) groups is 2. The Morgan fingerprint density at radius 2 is 1.86 bits per heavy atom. The summed E-state index contributed by atoms with van der Waals surface area (Å²) in [7, 11) is 0. The lowest BCUT2D eigenvalue weighted by Crippen LogP contribution is -2.62. The SMILES string of the molecule is CCCC1C(=O)NC(CC)C(=O)N1Cc1ccc(O)cc1. The summed E-state index contributed by atoms with van der Waals surface area (Å²) in [4.78, 5) is 26.4. The van der Waals surface area contributed by atoms with Crippen molar-refractivity contribution in [2.24, 2.45) is 0 Å². The van der Waals surface area contributed by atoms with Crippen molar-refractivity contribution in [1.82, 2.24) is 10.2 Å². The smallest absolute Gasteiger partial charge is 0.246 e. The number of amides is 2. The first-order valence-corrected chi connectivity index (χ1v) is 7.45. The fourth-order valence-corrected chi connectivity index (χ4v) is 2.65. The van der Waals surface area contributed by atoms with Crippen LogP contribution in [0, 0.1) is 0 Å². The molecule has 0 spiro atoms. The van der Waals surface area contributed by atoms with E-state index in [0.717, 1.165) is 12.0 Å². The van der Waals surface area contributed by atoms with E-state index in [2.05, 4.69) is 5.32 Å². The Bertz CT molecular complexity index is 513. The van der Waals surface area contributed by atoms with Gasteiger partial charge in [0.2, 0.25) is 11.8 Å². The van der Waals surface area contributed by atoms with Crippen molar-refractivity contribution in [2.75, 3.05) is 0 Å². The van der Waals surface area contributed by atoms with Gasteiger partial charge in [-0.1, -0.05) is 32.4 Å². The maximum absolute atomic E-state index is 12.5. The van der Waals surface area contributed by atoms with Gasteiger partial charge in [0.25, 0.3) is 0 Å². The molecule has 0 bridgehead atoms. The van der Waals surface area contributed by atoms with Crippen LogP contribution in [-0.4, -0.2) is 33.9 Å². The lowest BCUT2D eigenvalue weighted by molar-refractivity contribution is -0.150. The third-order valence-corrected chi connectivity index (χ3v) is 3.84. The van der Waals surface area contributed by atoms with E-state index in [1.165, 1.54) is 0 Å². The molecule has 1 saturated heterocycles. The third-order valence-electron chi connectivity index (χ3n) is 3.84. The van der Waals surface area contributed by atoms with E-state index in [1.54, 1.807) is 29.2 Å². The van der Waals surface area contributed by atoms with E-state index in [-0.39, 0.29) is 17.6 Å². The second kappa shape index (κ2) is 6.61. The lowest BCUT2D eigenvalue weighted by Gasteiger charge is -2.38. The van der Waals surface area contributed by atoms with E-state index >= 15 is 0 Å². The normalized spacial score (nSPS) is 22.3. The second-order valence-electron chi connectivity index (χ2n) is 5.41. The fraction of sp³-hybridized carbons (Fsp3) is 0.500. The number of hydrogen-bond acceptors (Lipinski definition) is 3. The van der Waals surface area contributed by atoms with E-state index < -0.39 is 12.1 Å². The summed E-state index contributed by atoms with van der Waals surface area (Å²) in [5, 5.41) is 12.1. The van der Waals surface area contributed by atoms with Gasteiger partial charge in [0.15, 0.2) is 0 Å². The first-order valence-electron chi connectivity index (χ1n) is 7.45. The van der Waals surface area contributed by atoms with Crippen molar-refractivity contribution >= 4 is 11.8 Å². The van der Waals surface area contributed by atoms with E-state index in [9.17, 15) is 14.7 Å². The van der Waals surface area contributed by atoms with Crippen LogP contribution in [0.3, 0.4) is 0 Å². The van der Waals surface area contributed by atoms with E-state index in [4.69, 9.17) is 0 Å². The maximum Gasteiger partial charge on any atom is 0.246 e. The van der Waals surface area contributed by atoms with Crippen LogP contribution >= 0.6 is 0 Å². The van der Waals surface area contributed by atoms with Gasteiger partial charge in [0.05, 0.1) is 0 Å². The molecule has 0 saturated carbocycles. The van der Waals surface area contributed by atoms with Crippen LogP contribution in [-0.2, 0) is 16.1 Å². The summed E-state index contributed by atoms with van der Waals surface area (Å²) in [5.41, 5.74) is 0.909. The zero-order valence-corrected chi connectivity index (χ0v) is 12.5. The van der Waals surface area contributed by atoms with Gasteiger partial charge >= 0.3 is 0 Å². The van der Waals surface area contributed by atoms with Gasteiger partial charge in [-0.25, -0.2) is 0 Å². The largest absolute Gasteiger partial charge is 0.508 e. The van der Waals surface area contributed by atoms with Crippen LogP contribution in [0.1, 0.15) is 38.7 Å². The topological polar surface area (TPSA) is 69.6 Å². The lowest BCUT2D eigenvalue weighted by atomic mass is 10.0. The number of benzene rings is 1. The molecule has 2 amide bonds. The summed E-state index contributed by atoms with van der Waals surface area (Å²) in [6, 6.07) is 5.91. The number of hydrogen-bond donors (Lipinski definition) is 2. The highest BCUT2D eigenvalue weighted by atomic mass is 16.3. The Balaban J connectivity index is 2.22. The van der Waals surface area contributed by atoms with Crippen LogP contribution in [0.5, 0.6) is 5.75 Å². The molecule has 2 unspecified atom stereocenters. The van der Waals surface area contributed by atoms with E-state index in [1.807, 2.05) is 13.8 Å². The molecule has 21 heavy (non-hydrogen) atoms. The van der Waals surface area contributed by atoms with Crippen molar-refractivity contribution in [1.29, 1.82) is 0 Å². The van der Waals surface area contributed by atoms with Crippen molar-refractivity contribution in [3.63, 3.8) is 0 Å². The molecule has 1 heterocycles. The quantitative estimate of drug-likeness (QED) is 0.868. The summed E-state index contributed by atoms with van der Waals surface area (Å²) < 4.78 is 0. The van der Waals surface area contributed by atoms with Crippen molar-refractivity contribution in [3.8, 4) is 5.75 Å². The zero-order chi connectivity index (χ0) is 15.4. The molecule has 2 atom stereocenters. The summed E-state index contributed by atoms with van der Waals surface area (Å²) in [6.45, 7) is 4.29. The predicted octanol–water partition coefficient (Wildman–Crippen LogP) is 1.80. The van der Waals surface area contributed by atoms with Crippen LogP contribution in [0.15, 0.2) is 24.3 Å². The zero-order valence-electron chi connectivity index (χ0n) is 12.5. The van der Waals surface area contributed by atoms with Gasteiger partial charge < -0.3 is 15.3 Å². The van der Waals surface area contributed by atoms with Gasteiger partial charge in [0, 0.05) is 6.54 Å². The standard InChI is InChI=1S/C16H22N2O3/c1-3-5-14-15(20)17-13(4-2)16(21)18(14)10-11-6-8-12(19)9-7-11/h6-9,13-14,19H,3-5,10H2,1-2H3,(H,17,20). The monoisotopic (exact) mass is 290 g/mol. The van der Waals surface area contributed by atoms with Gasteiger partial charge in [-0.2, -0.15) is 0 Å². The molecule has 1 aromatic carbocycles. The van der Waals surface area contributed by atoms with Gasteiger partial charge in [-0.05, 0) is 30.5 Å². The number of phenols is 1. The summed E-state index contributed by atoms with van der Waals surface area (Å²) >= 11 is 0. The van der Waals surface area contributed by atoms with Crippen molar-refractivity contribution in [3.05, 3.63) is 29.8 Å². The molecular formula is C16H22N2O3. The molecule has 114 valence electrons. The summed E-state index contributed by atoms with van der Waals surface area (Å²) in [6.07, 6.45) is 2.09. The molecule has 1 aliphatic heterocycles. The number of carbonyl (C=O) groups excluding carboxylic acids is 2.